The Morgan fingerprint density at radius 1 is 1.55 bits per heavy atom. The fourth-order valence-electron chi connectivity index (χ4n) is 0.815. The molecule has 0 spiro atoms. The lowest BCUT2D eigenvalue weighted by Crippen LogP contribution is -2.32. The number of nitrogens with zero attached hydrogens (tertiary/aromatic N) is 1. The maximum atomic E-state index is 10.7. The van der Waals surface area contributed by atoms with E-state index in [2.05, 4.69) is 0 Å². The summed E-state index contributed by atoms with van der Waals surface area (Å²) >= 11 is 0. The second kappa shape index (κ2) is 5.69. The average molecular weight is 179 g/mol. The summed E-state index contributed by atoms with van der Waals surface area (Å²) in [6.07, 6.45) is 2.48. The van der Waals surface area contributed by atoms with Gasteiger partial charge in [-0.15, -0.1) is 0 Å². The van der Waals surface area contributed by atoms with Crippen LogP contribution in [-0.2, 0) is 10.8 Å². The zero-order valence-electron chi connectivity index (χ0n) is 7.41. The van der Waals surface area contributed by atoms with Gasteiger partial charge in [0.05, 0.1) is 6.61 Å². The number of rotatable bonds is 5. The highest BCUT2D eigenvalue weighted by atomic mass is 32.2. The molecule has 0 aromatic carbocycles. The van der Waals surface area contributed by atoms with Crippen LogP contribution >= 0.6 is 0 Å². The molecule has 2 atom stereocenters. The molecule has 11 heavy (non-hydrogen) atoms. The lowest BCUT2D eigenvalue weighted by Gasteiger charge is -2.21. The molecule has 3 nitrogen and oxygen atoms in total. The first-order valence-electron chi connectivity index (χ1n) is 3.65. The van der Waals surface area contributed by atoms with Gasteiger partial charge in [0, 0.05) is 28.9 Å². The summed E-state index contributed by atoms with van der Waals surface area (Å²) < 4.78 is 10.7. The number of aliphatic hydroxyl groups excluding tert-OH is 1. The van der Waals surface area contributed by atoms with Crippen LogP contribution in [0.3, 0.4) is 0 Å². The van der Waals surface area contributed by atoms with Gasteiger partial charge in [0.25, 0.3) is 0 Å². The summed E-state index contributed by atoms with van der Waals surface area (Å²) in [5.74, 6) is 0.670. The number of likely N-dealkylation sites (N-methyl/N-ethyl adjacent to an activating group) is 1. The molecule has 0 aliphatic heterocycles. The van der Waals surface area contributed by atoms with Gasteiger partial charge in [0.15, 0.2) is 0 Å². The lowest BCUT2D eigenvalue weighted by molar-refractivity contribution is 0.166. The first-order chi connectivity index (χ1) is 5.07. The first-order valence-corrected chi connectivity index (χ1v) is 5.38. The Morgan fingerprint density at radius 3 is 2.36 bits per heavy atom. The van der Waals surface area contributed by atoms with Crippen molar-refractivity contribution >= 4 is 10.8 Å². The molecular formula is C7H17NO2S. The molecule has 0 bridgehead atoms. The average Bonchev–Trinajstić information content (AvgIpc) is 1.87. The van der Waals surface area contributed by atoms with E-state index in [1.807, 2.05) is 19.0 Å². The largest absolute Gasteiger partial charge is 0.395 e. The molecule has 68 valence electrons. The van der Waals surface area contributed by atoms with E-state index in [-0.39, 0.29) is 12.6 Å². The minimum absolute atomic E-state index is 0.143. The maximum Gasteiger partial charge on any atom is 0.0586 e. The van der Waals surface area contributed by atoms with E-state index in [1.165, 1.54) is 0 Å². The van der Waals surface area contributed by atoms with Crippen molar-refractivity contribution in [2.75, 3.05) is 32.7 Å². The monoisotopic (exact) mass is 179 g/mol. The highest BCUT2D eigenvalue weighted by molar-refractivity contribution is 7.84. The van der Waals surface area contributed by atoms with Gasteiger partial charge >= 0.3 is 0 Å². The fourth-order valence-corrected chi connectivity index (χ4v) is 1.42. The summed E-state index contributed by atoms with van der Waals surface area (Å²) in [6, 6.07) is 0.152. The summed E-state index contributed by atoms with van der Waals surface area (Å²) in [7, 11) is 3.09. The van der Waals surface area contributed by atoms with Crippen LogP contribution in [0.15, 0.2) is 0 Å². The van der Waals surface area contributed by atoms with Crippen molar-refractivity contribution in [3.8, 4) is 0 Å². The fraction of sp³-hybridized carbons (Fsp3) is 1.00. The molecule has 0 fully saturated rings. The van der Waals surface area contributed by atoms with Crippen LogP contribution < -0.4 is 0 Å². The van der Waals surface area contributed by atoms with E-state index in [4.69, 9.17) is 5.11 Å². The molecule has 0 aliphatic carbocycles. The van der Waals surface area contributed by atoms with Crippen LogP contribution in [0, 0.1) is 0 Å². The van der Waals surface area contributed by atoms with E-state index in [0.717, 1.165) is 6.42 Å². The Labute approximate surface area is 70.9 Å². The van der Waals surface area contributed by atoms with Gasteiger partial charge in [0.1, 0.15) is 0 Å². The number of hydrogen-bond acceptors (Lipinski definition) is 3. The van der Waals surface area contributed by atoms with Gasteiger partial charge in [-0.1, -0.05) is 0 Å². The smallest absolute Gasteiger partial charge is 0.0586 e. The predicted octanol–water partition coefficient (Wildman–Crippen LogP) is -0.323. The van der Waals surface area contributed by atoms with E-state index in [1.54, 1.807) is 6.26 Å². The molecule has 0 saturated heterocycles. The molecule has 2 unspecified atom stereocenters. The molecule has 0 heterocycles. The first kappa shape index (κ1) is 11.1. The quantitative estimate of drug-likeness (QED) is 0.628. The van der Waals surface area contributed by atoms with E-state index in [9.17, 15) is 4.21 Å². The van der Waals surface area contributed by atoms with Crippen LogP contribution in [0.25, 0.3) is 0 Å². The van der Waals surface area contributed by atoms with Crippen molar-refractivity contribution < 1.29 is 9.32 Å². The van der Waals surface area contributed by atoms with Crippen molar-refractivity contribution in [3.05, 3.63) is 0 Å². The third kappa shape index (κ3) is 5.35. The molecule has 0 aliphatic rings. The molecular weight excluding hydrogens is 162 g/mol. The predicted molar refractivity (Wildman–Crippen MR) is 48.1 cm³/mol. The van der Waals surface area contributed by atoms with Crippen molar-refractivity contribution in [1.82, 2.24) is 4.90 Å². The van der Waals surface area contributed by atoms with Gasteiger partial charge in [-0.3, -0.25) is 4.21 Å². The van der Waals surface area contributed by atoms with Crippen LogP contribution in [-0.4, -0.2) is 53.0 Å². The Hall–Kier alpha value is 0.0700. The topological polar surface area (TPSA) is 40.5 Å². The molecule has 0 aromatic rings. The van der Waals surface area contributed by atoms with Crippen LogP contribution in [0.1, 0.15) is 6.42 Å². The SMILES string of the molecule is CN(C)C(CO)CCS(C)=O. The molecule has 0 amide bonds. The van der Waals surface area contributed by atoms with Crippen molar-refractivity contribution in [2.24, 2.45) is 0 Å². The molecule has 0 rings (SSSR count). The third-order valence-corrected chi connectivity index (χ3v) is 2.49. The van der Waals surface area contributed by atoms with Gasteiger partial charge in [-0.25, -0.2) is 0 Å². The Balaban J connectivity index is 3.61. The van der Waals surface area contributed by atoms with Gasteiger partial charge in [-0.05, 0) is 20.5 Å². The van der Waals surface area contributed by atoms with Gasteiger partial charge in [0.2, 0.25) is 0 Å². The van der Waals surface area contributed by atoms with Crippen LogP contribution in [0.5, 0.6) is 0 Å². The summed E-state index contributed by atoms with van der Waals surface area (Å²) in [6.45, 7) is 0.143. The van der Waals surface area contributed by atoms with Gasteiger partial charge < -0.3 is 10.0 Å². The molecule has 0 saturated carbocycles. The number of hydrogen-bond donors (Lipinski definition) is 1. The second-order valence-corrected chi connectivity index (χ2v) is 4.42. The minimum Gasteiger partial charge on any atom is -0.395 e. The summed E-state index contributed by atoms with van der Waals surface area (Å²) in [5.41, 5.74) is 0. The minimum atomic E-state index is -0.742. The van der Waals surface area contributed by atoms with Crippen molar-refractivity contribution in [3.63, 3.8) is 0 Å². The Kier molecular flexibility index (Phi) is 5.72. The Morgan fingerprint density at radius 2 is 2.09 bits per heavy atom. The Bertz CT molecular complexity index is 128. The maximum absolute atomic E-state index is 10.7. The van der Waals surface area contributed by atoms with Crippen molar-refractivity contribution in [2.45, 2.75) is 12.5 Å². The molecule has 0 aromatic heterocycles. The van der Waals surface area contributed by atoms with E-state index < -0.39 is 10.8 Å². The number of aliphatic hydroxyl groups is 1. The lowest BCUT2D eigenvalue weighted by atomic mass is 10.2. The van der Waals surface area contributed by atoms with Crippen LogP contribution in [0.2, 0.25) is 0 Å². The summed E-state index contributed by atoms with van der Waals surface area (Å²) in [4.78, 5) is 1.95. The highest BCUT2D eigenvalue weighted by Crippen LogP contribution is 1.98. The second-order valence-electron chi connectivity index (χ2n) is 2.87. The van der Waals surface area contributed by atoms with E-state index in [0.29, 0.717) is 5.75 Å². The highest BCUT2D eigenvalue weighted by Gasteiger charge is 2.09. The van der Waals surface area contributed by atoms with E-state index >= 15 is 0 Å². The standard InChI is InChI=1S/C7H17NO2S/c1-8(2)7(6-9)4-5-11(3)10/h7,9H,4-6H2,1-3H3. The normalized spacial score (nSPS) is 16.8. The molecule has 0 radical (unpaired) electrons. The van der Waals surface area contributed by atoms with Crippen molar-refractivity contribution in [1.29, 1.82) is 0 Å². The zero-order valence-corrected chi connectivity index (χ0v) is 8.23. The molecule has 1 N–H and O–H groups in total. The third-order valence-electron chi connectivity index (χ3n) is 1.68. The summed E-state index contributed by atoms with van der Waals surface area (Å²) in [5, 5.41) is 8.87. The van der Waals surface area contributed by atoms with Gasteiger partial charge in [-0.2, -0.15) is 0 Å². The molecule has 4 heteroatoms. The van der Waals surface area contributed by atoms with Crippen LogP contribution in [0.4, 0.5) is 0 Å². The zero-order chi connectivity index (χ0) is 8.85.